The third kappa shape index (κ3) is 3.82. The number of aromatic nitrogens is 1. The smallest absolute Gasteiger partial charge is 0.413 e. The first-order chi connectivity index (χ1) is 10.7. The van der Waals surface area contributed by atoms with E-state index >= 15 is 0 Å². The molecule has 0 aliphatic carbocycles. The summed E-state index contributed by atoms with van der Waals surface area (Å²) in [5.41, 5.74) is -0.115. The molecular formula is C15H15F3N2O2S. The molecule has 1 amide bonds. The molecule has 0 aliphatic rings. The van der Waals surface area contributed by atoms with Gasteiger partial charge in [-0.1, -0.05) is 30.3 Å². The van der Waals surface area contributed by atoms with Crippen LogP contribution in [0.25, 0.3) is 0 Å². The van der Waals surface area contributed by atoms with Gasteiger partial charge in [0.05, 0.1) is 11.0 Å². The van der Waals surface area contributed by atoms with E-state index in [1.807, 2.05) is 0 Å². The largest absolute Gasteiger partial charge is 0.465 e. The maximum absolute atomic E-state index is 13.6. The number of nitrogens with zero attached hydrogens (tertiary/aromatic N) is 2. The topological polar surface area (TPSA) is 53.4 Å². The number of thiazole rings is 1. The summed E-state index contributed by atoms with van der Waals surface area (Å²) in [6.07, 6.45) is -4.94. The Labute approximate surface area is 135 Å². The van der Waals surface area contributed by atoms with Crippen molar-refractivity contribution in [1.29, 1.82) is 0 Å². The molecule has 0 saturated carbocycles. The second-order valence-electron chi connectivity index (χ2n) is 5.00. The highest BCUT2D eigenvalue weighted by Gasteiger charge is 2.48. The third-order valence-electron chi connectivity index (χ3n) is 3.39. The molecule has 0 bridgehead atoms. The van der Waals surface area contributed by atoms with Gasteiger partial charge in [-0.15, -0.1) is 11.3 Å². The van der Waals surface area contributed by atoms with Crippen LogP contribution in [-0.4, -0.2) is 27.3 Å². The van der Waals surface area contributed by atoms with Crippen molar-refractivity contribution in [3.8, 4) is 0 Å². The highest BCUT2D eigenvalue weighted by molar-refractivity contribution is 7.11. The highest BCUT2D eigenvalue weighted by Crippen LogP contribution is 2.42. The molecule has 124 valence electrons. The highest BCUT2D eigenvalue weighted by atomic mass is 32.1. The first-order valence-corrected chi connectivity index (χ1v) is 7.58. The normalized spacial score (nSPS) is 14.3. The quantitative estimate of drug-likeness (QED) is 0.867. The summed E-state index contributed by atoms with van der Waals surface area (Å²) >= 11 is 1.18. The molecule has 4 nitrogen and oxygen atoms in total. The van der Waals surface area contributed by atoms with Crippen molar-refractivity contribution < 1.29 is 23.1 Å². The zero-order chi connectivity index (χ0) is 17.2. The number of aryl methyl sites for hydroxylation is 1. The van der Waals surface area contributed by atoms with Gasteiger partial charge in [0.2, 0.25) is 0 Å². The summed E-state index contributed by atoms with van der Waals surface area (Å²) < 4.78 is 40.7. The first-order valence-electron chi connectivity index (χ1n) is 6.77. The lowest BCUT2D eigenvalue weighted by molar-refractivity contribution is -0.185. The van der Waals surface area contributed by atoms with E-state index in [0.29, 0.717) is 14.8 Å². The van der Waals surface area contributed by atoms with E-state index in [0.717, 1.165) is 0 Å². The summed E-state index contributed by atoms with van der Waals surface area (Å²) in [6, 6.07) is 3.84. The van der Waals surface area contributed by atoms with Gasteiger partial charge >= 0.3 is 12.3 Å². The van der Waals surface area contributed by atoms with Crippen molar-refractivity contribution in [2.24, 2.45) is 0 Å². The van der Waals surface area contributed by atoms with Crippen LogP contribution in [0.5, 0.6) is 0 Å². The Kier molecular flexibility index (Phi) is 4.93. The van der Waals surface area contributed by atoms with E-state index in [2.05, 4.69) is 4.98 Å². The Hall–Kier alpha value is -2.09. The average molecular weight is 344 g/mol. The maximum Gasteiger partial charge on any atom is 0.413 e. The molecule has 0 radical (unpaired) electrons. The monoisotopic (exact) mass is 344 g/mol. The Bertz CT molecular complexity index is 673. The lowest BCUT2D eigenvalue weighted by Crippen LogP contribution is -2.43. The number of benzene rings is 1. The lowest BCUT2D eigenvalue weighted by atomic mass is 10.0. The summed E-state index contributed by atoms with van der Waals surface area (Å²) in [6.45, 7) is 3.15. The molecule has 1 N–H and O–H groups in total. The molecule has 8 heteroatoms. The molecule has 2 aromatic rings. The second-order valence-corrected chi connectivity index (χ2v) is 6.27. The first kappa shape index (κ1) is 17.3. The molecule has 0 aliphatic heterocycles. The molecule has 1 heterocycles. The zero-order valence-corrected chi connectivity index (χ0v) is 13.2. The van der Waals surface area contributed by atoms with Gasteiger partial charge in [0.15, 0.2) is 6.04 Å². The number of halogens is 3. The van der Waals surface area contributed by atoms with Crippen LogP contribution in [0.4, 0.5) is 18.0 Å². The number of rotatable bonds is 4. The molecule has 2 atom stereocenters. The van der Waals surface area contributed by atoms with E-state index in [4.69, 9.17) is 0 Å². The van der Waals surface area contributed by atoms with E-state index in [1.54, 1.807) is 13.0 Å². The van der Waals surface area contributed by atoms with E-state index in [1.165, 1.54) is 48.7 Å². The van der Waals surface area contributed by atoms with Crippen LogP contribution in [0.15, 0.2) is 36.5 Å². The fraction of sp³-hybridized carbons (Fsp3) is 0.333. The number of hydrogen-bond acceptors (Lipinski definition) is 3. The predicted octanol–water partition coefficient (Wildman–Crippen LogP) is 4.80. The van der Waals surface area contributed by atoms with Crippen molar-refractivity contribution in [1.82, 2.24) is 9.88 Å². The van der Waals surface area contributed by atoms with Gasteiger partial charge in [-0.05, 0) is 19.4 Å². The Balaban J connectivity index is 2.49. The fourth-order valence-corrected chi connectivity index (χ4v) is 3.19. The Morgan fingerprint density at radius 1 is 1.30 bits per heavy atom. The van der Waals surface area contributed by atoms with Gasteiger partial charge in [0.1, 0.15) is 0 Å². The molecule has 0 saturated heterocycles. The zero-order valence-electron chi connectivity index (χ0n) is 12.4. The molecule has 0 fully saturated rings. The Morgan fingerprint density at radius 3 is 2.35 bits per heavy atom. The van der Waals surface area contributed by atoms with E-state index in [9.17, 15) is 23.1 Å². The molecule has 0 unspecified atom stereocenters. The average Bonchev–Trinajstić information content (AvgIpc) is 2.90. The molecule has 2 rings (SSSR count). The van der Waals surface area contributed by atoms with Crippen molar-refractivity contribution >= 4 is 17.4 Å². The standard InChI is InChI=1S/C15H15F3N2O2S/c1-9(12-8-19-10(2)23-12)20(14(21)22)13(15(16,17)18)11-6-4-3-5-7-11/h3-9,13H,1-2H3,(H,21,22)/t9-,13-/m1/s1. The lowest BCUT2D eigenvalue weighted by Gasteiger charge is -2.35. The van der Waals surface area contributed by atoms with Crippen LogP contribution in [0.3, 0.4) is 0 Å². The minimum atomic E-state index is -4.73. The number of carboxylic acid groups (broad SMARTS) is 1. The van der Waals surface area contributed by atoms with Crippen molar-refractivity contribution in [2.45, 2.75) is 32.1 Å². The van der Waals surface area contributed by atoms with Crippen LogP contribution in [-0.2, 0) is 0 Å². The predicted molar refractivity (Wildman–Crippen MR) is 80.4 cm³/mol. The molecule has 0 spiro atoms. The van der Waals surface area contributed by atoms with Crippen LogP contribution in [0.2, 0.25) is 0 Å². The van der Waals surface area contributed by atoms with Crippen LogP contribution in [0.1, 0.15) is 34.5 Å². The number of alkyl halides is 3. The SMILES string of the molecule is Cc1ncc([C@@H](C)N(C(=O)O)[C@H](c2ccccc2)C(F)(F)F)s1. The minimum Gasteiger partial charge on any atom is -0.465 e. The number of carbonyl (C=O) groups is 1. The van der Waals surface area contributed by atoms with Gasteiger partial charge in [-0.3, -0.25) is 4.90 Å². The molecular weight excluding hydrogens is 329 g/mol. The van der Waals surface area contributed by atoms with E-state index < -0.39 is 24.4 Å². The maximum atomic E-state index is 13.6. The number of hydrogen-bond donors (Lipinski definition) is 1. The van der Waals surface area contributed by atoms with Crippen molar-refractivity contribution in [2.75, 3.05) is 0 Å². The van der Waals surface area contributed by atoms with E-state index in [-0.39, 0.29) is 5.56 Å². The Morgan fingerprint density at radius 2 is 1.91 bits per heavy atom. The summed E-state index contributed by atoms with van der Waals surface area (Å²) in [7, 11) is 0. The van der Waals surface area contributed by atoms with Crippen molar-refractivity contribution in [3.63, 3.8) is 0 Å². The van der Waals surface area contributed by atoms with Crippen LogP contribution < -0.4 is 0 Å². The molecule has 1 aromatic carbocycles. The van der Waals surface area contributed by atoms with Gasteiger partial charge in [0, 0.05) is 11.1 Å². The summed E-state index contributed by atoms with van der Waals surface area (Å²) in [4.78, 5) is 16.5. The minimum absolute atomic E-state index is 0.115. The fourth-order valence-electron chi connectivity index (χ4n) is 2.35. The third-order valence-corrected chi connectivity index (χ3v) is 4.48. The van der Waals surface area contributed by atoms with Gasteiger partial charge < -0.3 is 5.11 Å². The van der Waals surface area contributed by atoms with Crippen LogP contribution >= 0.6 is 11.3 Å². The second kappa shape index (κ2) is 6.57. The van der Waals surface area contributed by atoms with Gasteiger partial charge in [0.25, 0.3) is 0 Å². The summed E-state index contributed by atoms with van der Waals surface area (Å²) in [5, 5.41) is 10.1. The molecule has 1 aromatic heterocycles. The number of amides is 1. The van der Waals surface area contributed by atoms with Gasteiger partial charge in [-0.2, -0.15) is 13.2 Å². The van der Waals surface area contributed by atoms with Crippen molar-refractivity contribution in [3.05, 3.63) is 52.0 Å². The summed E-state index contributed by atoms with van der Waals surface area (Å²) in [5.74, 6) is 0. The van der Waals surface area contributed by atoms with Crippen LogP contribution in [0, 0.1) is 6.92 Å². The van der Waals surface area contributed by atoms with Gasteiger partial charge in [-0.25, -0.2) is 9.78 Å². The molecule has 23 heavy (non-hydrogen) atoms.